The Morgan fingerprint density at radius 2 is 1.66 bits per heavy atom. The number of fused-ring (bicyclic) bond motifs is 2. The minimum absolute atomic E-state index is 0.190. The molecule has 2 aliphatic heterocycles. The quantitative estimate of drug-likeness (QED) is 0.342. The first-order valence-corrected chi connectivity index (χ1v) is 13.5. The number of rotatable bonds is 5. The van der Waals surface area contributed by atoms with Crippen molar-refractivity contribution in [3.05, 3.63) is 92.5 Å². The Labute approximate surface area is 245 Å². The van der Waals surface area contributed by atoms with Gasteiger partial charge in [0.25, 0.3) is 0 Å². The van der Waals surface area contributed by atoms with Crippen LogP contribution >= 0.6 is 23.2 Å². The Balaban J connectivity index is 1.81. The van der Waals surface area contributed by atoms with E-state index < -0.39 is 52.4 Å². The van der Waals surface area contributed by atoms with Crippen LogP contribution in [-0.2, 0) is 24.5 Å². The second-order valence-electron chi connectivity index (χ2n) is 10.7. The highest BCUT2D eigenvalue weighted by atomic mass is 35.5. The Bertz CT molecular complexity index is 1610. The number of esters is 1. The molecule has 0 unspecified atom stereocenters. The summed E-state index contributed by atoms with van der Waals surface area (Å²) in [4.78, 5) is 40.1. The summed E-state index contributed by atoms with van der Waals surface area (Å²) in [5.74, 6) is -4.51. The van der Waals surface area contributed by atoms with Crippen molar-refractivity contribution in [1.82, 2.24) is 5.32 Å². The fourth-order valence-corrected chi connectivity index (χ4v) is 6.29. The number of methoxy groups -OCH3 is 1. The van der Waals surface area contributed by atoms with Gasteiger partial charge in [0.1, 0.15) is 11.2 Å². The number of halogens is 4. The van der Waals surface area contributed by atoms with Crippen LogP contribution in [0.5, 0.6) is 5.75 Å². The van der Waals surface area contributed by atoms with Crippen LogP contribution < -0.4 is 15.4 Å². The molecule has 2 aliphatic rings. The molecule has 3 aromatic carbocycles. The zero-order chi connectivity index (χ0) is 29.9. The van der Waals surface area contributed by atoms with Crippen molar-refractivity contribution in [1.29, 1.82) is 0 Å². The van der Waals surface area contributed by atoms with Gasteiger partial charge < -0.3 is 20.1 Å². The summed E-state index contributed by atoms with van der Waals surface area (Å²) in [5.41, 5.74) is -1.20. The van der Waals surface area contributed by atoms with E-state index >= 15 is 0 Å². The van der Waals surface area contributed by atoms with Crippen LogP contribution in [0.1, 0.15) is 54.5 Å². The number of hydrogen-bond acceptors (Lipinski definition) is 5. The number of anilines is 1. The summed E-state index contributed by atoms with van der Waals surface area (Å²) in [6.45, 7) is 4.62. The third-order valence-corrected chi connectivity index (χ3v) is 8.23. The van der Waals surface area contributed by atoms with E-state index in [1.54, 1.807) is 43.3 Å². The molecule has 7 nitrogen and oxygen atoms in total. The fourth-order valence-electron chi connectivity index (χ4n) is 5.94. The molecule has 0 bridgehead atoms. The molecule has 0 saturated carbocycles. The molecule has 1 fully saturated rings. The first-order valence-electron chi connectivity index (χ1n) is 12.7. The first-order chi connectivity index (χ1) is 19.3. The largest absolute Gasteiger partial charge is 0.476 e. The molecule has 1 spiro atoms. The molecule has 0 radical (unpaired) electrons. The average Bonchev–Trinajstić information content (AvgIpc) is 3.18. The number of aryl methyl sites for hydroxylation is 1. The van der Waals surface area contributed by atoms with E-state index in [-0.39, 0.29) is 17.7 Å². The standard InChI is InChI=1S/C30H26Cl2F2N2O5/c1-14-9-21(33)22(34)12-17(14)26-30(19-7-5-16(32)11-23(19)35-27(30)38)20(13-25(37)36-26)18-10-15(31)6-8-24(18)41-29(2,3)28(39)40-4/h5-12,20,26H,13H2,1-4H3,(H,35,38)(H,36,37)/t20-,26+,30-/m1/s1. The molecule has 0 aromatic heterocycles. The highest BCUT2D eigenvalue weighted by Gasteiger charge is 2.62. The maximum absolute atomic E-state index is 14.7. The molecule has 3 aromatic rings. The van der Waals surface area contributed by atoms with Gasteiger partial charge in [-0.2, -0.15) is 0 Å². The number of nitrogens with one attached hydrogen (secondary N) is 2. The smallest absolute Gasteiger partial charge is 0.349 e. The van der Waals surface area contributed by atoms with Crippen LogP contribution in [-0.4, -0.2) is 30.5 Å². The monoisotopic (exact) mass is 602 g/mol. The lowest BCUT2D eigenvalue weighted by molar-refractivity contribution is -0.156. The Kier molecular flexibility index (Phi) is 7.24. The molecular formula is C30H26Cl2F2N2O5. The van der Waals surface area contributed by atoms with Crippen LogP contribution in [0.2, 0.25) is 10.0 Å². The van der Waals surface area contributed by atoms with E-state index in [9.17, 15) is 23.2 Å². The van der Waals surface area contributed by atoms with Gasteiger partial charge in [-0.3, -0.25) is 9.59 Å². The average molecular weight is 603 g/mol. The first kappa shape index (κ1) is 28.8. The molecule has 0 aliphatic carbocycles. The van der Waals surface area contributed by atoms with Gasteiger partial charge in [-0.25, -0.2) is 13.6 Å². The van der Waals surface area contributed by atoms with Crippen LogP contribution in [0.3, 0.4) is 0 Å². The predicted octanol–water partition coefficient (Wildman–Crippen LogP) is 6.15. The van der Waals surface area contributed by atoms with Gasteiger partial charge in [-0.15, -0.1) is 0 Å². The third-order valence-electron chi connectivity index (χ3n) is 7.76. The highest BCUT2D eigenvalue weighted by Crippen LogP contribution is 2.59. The van der Waals surface area contributed by atoms with Crippen molar-refractivity contribution in [3.8, 4) is 5.75 Å². The van der Waals surface area contributed by atoms with Crippen molar-refractivity contribution >= 4 is 46.7 Å². The molecule has 214 valence electrons. The second kappa shape index (κ2) is 10.3. The minimum atomic E-state index is -1.58. The van der Waals surface area contributed by atoms with E-state index in [1.807, 2.05) is 0 Å². The molecule has 41 heavy (non-hydrogen) atoms. The molecule has 11 heteroatoms. The summed E-state index contributed by atoms with van der Waals surface area (Å²) in [6, 6.07) is 10.4. The van der Waals surface area contributed by atoms with Crippen molar-refractivity contribution in [2.24, 2.45) is 0 Å². The molecule has 2 amide bonds. The minimum Gasteiger partial charge on any atom is -0.476 e. The second-order valence-corrected chi connectivity index (χ2v) is 11.6. The lowest BCUT2D eigenvalue weighted by atomic mass is 9.59. The number of carbonyl (C=O) groups excluding carboxylic acids is 3. The summed E-state index contributed by atoms with van der Waals surface area (Å²) in [6.07, 6.45) is -0.190. The maximum atomic E-state index is 14.7. The number of amides is 2. The van der Waals surface area contributed by atoms with Crippen LogP contribution in [0, 0.1) is 18.6 Å². The van der Waals surface area contributed by atoms with Crippen LogP contribution in [0.25, 0.3) is 0 Å². The lowest BCUT2D eigenvalue weighted by Gasteiger charge is -2.47. The molecule has 5 rings (SSSR count). The van der Waals surface area contributed by atoms with Crippen molar-refractivity contribution in [2.75, 3.05) is 12.4 Å². The molecule has 1 saturated heterocycles. The predicted molar refractivity (Wildman–Crippen MR) is 149 cm³/mol. The van der Waals surface area contributed by atoms with Crippen LogP contribution in [0.4, 0.5) is 14.5 Å². The molecule has 3 atom stereocenters. The van der Waals surface area contributed by atoms with Crippen LogP contribution in [0.15, 0.2) is 48.5 Å². The van der Waals surface area contributed by atoms with Gasteiger partial charge >= 0.3 is 5.97 Å². The third kappa shape index (κ3) is 4.71. The van der Waals surface area contributed by atoms with Crippen molar-refractivity contribution < 1.29 is 32.6 Å². The van der Waals surface area contributed by atoms with E-state index in [4.69, 9.17) is 32.7 Å². The van der Waals surface area contributed by atoms with Crippen molar-refractivity contribution in [2.45, 2.75) is 50.2 Å². The highest BCUT2D eigenvalue weighted by molar-refractivity contribution is 6.31. The summed E-state index contributed by atoms with van der Waals surface area (Å²) >= 11 is 12.7. The number of hydrogen-bond donors (Lipinski definition) is 2. The van der Waals surface area contributed by atoms with Gasteiger partial charge in [0.15, 0.2) is 17.2 Å². The number of benzene rings is 3. The van der Waals surface area contributed by atoms with E-state index in [0.29, 0.717) is 32.4 Å². The van der Waals surface area contributed by atoms with E-state index in [0.717, 1.165) is 12.1 Å². The molecule has 2 heterocycles. The Morgan fingerprint density at radius 1 is 1.00 bits per heavy atom. The number of carbonyl (C=O) groups is 3. The number of ether oxygens (including phenoxy) is 2. The summed E-state index contributed by atoms with van der Waals surface area (Å²) < 4.78 is 39.9. The number of piperidine rings is 1. The van der Waals surface area contributed by atoms with Crippen molar-refractivity contribution in [3.63, 3.8) is 0 Å². The SMILES string of the molecule is COC(=O)C(C)(C)Oc1ccc(Cl)cc1[C@H]1CC(=O)N[C@@H](c2cc(F)c(F)cc2C)[C@]12C(=O)Nc1cc(Cl)ccc12. The van der Waals surface area contributed by atoms with Gasteiger partial charge in [-0.05, 0) is 79.9 Å². The molecular weight excluding hydrogens is 577 g/mol. The fraction of sp³-hybridized carbons (Fsp3) is 0.300. The molecule has 2 N–H and O–H groups in total. The van der Waals surface area contributed by atoms with Gasteiger partial charge in [0.2, 0.25) is 11.8 Å². The van der Waals surface area contributed by atoms with Gasteiger partial charge in [0, 0.05) is 33.6 Å². The normalized spacial score (nSPS) is 21.8. The Morgan fingerprint density at radius 3 is 2.37 bits per heavy atom. The summed E-state index contributed by atoms with van der Waals surface area (Å²) in [7, 11) is 1.23. The topological polar surface area (TPSA) is 93.7 Å². The van der Waals surface area contributed by atoms with Gasteiger partial charge in [0.05, 0.1) is 13.2 Å². The van der Waals surface area contributed by atoms with E-state index in [1.165, 1.54) is 21.0 Å². The van der Waals surface area contributed by atoms with Gasteiger partial charge in [-0.1, -0.05) is 29.3 Å². The maximum Gasteiger partial charge on any atom is 0.349 e. The summed E-state index contributed by atoms with van der Waals surface area (Å²) in [5, 5.41) is 6.41. The lowest BCUT2D eigenvalue weighted by Crippen LogP contribution is -2.57. The Hall–Kier alpha value is -3.69. The van der Waals surface area contributed by atoms with E-state index in [2.05, 4.69) is 10.6 Å². The zero-order valence-corrected chi connectivity index (χ0v) is 24.0. The zero-order valence-electron chi connectivity index (χ0n) is 22.5.